The molecule has 0 atom stereocenters. The summed E-state index contributed by atoms with van der Waals surface area (Å²) in [5, 5.41) is 8.69. The highest BCUT2D eigenvalue weighted by Crippen LogP contribution is 2.16. The fraction of sp³-hybridized carbons (Fsp3) is 0.462. The van der Waals surface area contributed by atoms with Crippen LogP contribution < -0.4 is 4.90 Å². The van der Waals surface area contributed by atoms with E-state index in [4.69, 9.17) is 5.11 Å². The summed E-state index contributed by atoms with van der Waals surface area (Å²) in [6, 6.07) is 6.28. The molecule has 0 saturated heterocycles. The molecule has 0 aromatic heterocycles. The Morgan fingerprint density at radius 1 is 1.41 bits per heavy atom. The Bertz CT molecular complexity index is 368. The van der Waals surface area contributed by atoms with Crippen LogP contribution in [0.4, 0.5) is 10.1 Å². The number of hydrogen-bond acceptors (Lipinski definition) is 2. The van der Waals surface area contributed by atoms with Crippen LogP contribution in [0.1, 0.15) is 26.2 Å². The van der Waals surface area contributed by atoms with Gasteiger partial charge in [0.15, 0.2) is 0 Å². The van der Waals surface area contributed by atoms with Crippen LogP contribution in [-0.2, 0) is 4.79 Å². The van der Waals surface area contributed by atoms with Crippen LogP contribution in [-0.4, -0.2) is 24.2 Å². The molecule has 0 unspecified atom stereocenters. The van der Waals surface area contributed by atoms with Gasteiger partial charge in [0.25, 0.3) is 0 Å². The molecule has 0 aliphatic rings. The first-order valence-electron chi connectivity index (χ1n) is 5.85. The van der Waals surface area contributed by atoms with E-state index in [1.165, 1.54) is 12.1 Å². The lowest BCUT2D eigenvalue weighted by atomic mass is 10.2. The summed E-state index contributed by atoms with van der Waals surface area (Å²) in [6.45, 7) is 3.24. The predicted octanol–water partition coefficient (Wildman–Crippen LogP) is 2.91. The third-order valence-corrected chi connectivity index (χ3v) is 2.55. The SMILES string of the molecule is CCCCN(CCC(=O)O)c1cccc(F)c1. The molecular formula is C13H18FNO2. The molecule has 0 radical (unpaired) electrons. The van der Waals surface area contributed by atoms with Crippen LogP contribution >= 0.6 is 0 Å². The van der Waals surface area contributed by atoms with Crippen LogP contribution in [0.5, 0.6) is 0 Å². The minimum absolute atomic E-state index is 0.0697. The first-order chi connectivity index (χ1) is 8.13. The molecule has 94 valence electrons. The second-order valence-corrected chi connectivity index (χ2v) is 3.96. The molecule has 0 aliphatic heterocycles. The highest BCUT2D eigenvalue weighted by molar-refractivity contribution is 5.67. The summed E-state index contributed by atoms with van der Waals surface area (Å²) in [6.07, 6.45) is 2.06. The quantitative estimate of drug-likeness (QED) is 0.795. The number of benzene rings is 1. The Kier molecular flexibility index (Phi) is 5.46. The van der Waals surface area contributed by atoms with E-state index < -0.39 is 5.97 Å². The van der Waals surface area contributed by atoms with Crippen molar-refractivity contribution < 1.29 is 14.3 Å². The highest BCUT2D eigenvalue weighted by Gasteiger charge is 2.08. The van der Waals surface area contributed by atoms with Crippen LogP contribution in [0, 0.1) is 5.82 Å². The fourth-order valence-corrected chi connectivity index (χ4v) is 1.62. The van der Waals surface area contributed by atoms with Gasteiger partial charge in [-0.1, -0.05) is 19.4 Å². The standard InChI is InChI=1S/C13H18FNO2/c1-2-3-8-15(9-7-13(16)17)12-6-4-5-11(14)10-12/h4-6,10H,2-3,7-9H2,1H3,(H,16,17). The summed E-state index contributed by atoms with van der Waals surface area (Å²) < 4.78 is 13.1. The van der Waals surface area contributed by atoms with Crippen molar-refractivity contribution >= 4 is 11.7 Å². The molecule has 1 aromatic carbocycles. The van der Waals surface area contributed by atoms with E-state index in [9.17, 15) is 9.18 Å². The van der Waals surface area contributed by atoms with E-state index in [2.05, 4.69) is 6.92 Å². The summed E-state index contributed by atoms with van der Waals surface area (Å²) in [4.78, 5) is 12.5. The summed E-state index contributed by atoms with van der Waals surface area (Å²) in [5.74, 6) is -1.12. The van der Waals surface area contributed by atoms with Gasteiger partial charge in [-0.05, 0) is 24.6 Å². The van der Waals surface area contributed by atoms with Crippen LogP contribution in [0.2, 0.25) is 0 Å². The zero-order valence-corrected chi connectivity index (χ0v) is 10.0. The average Bonchev–Trinajstić information content (AvgIpc) is 2.29. The normalized spacial score (nSPS) is 10.2. The van der Waals surface area contributed by atoms with Gasteiger partial charge in [0.05, 0.1) is 6.42 Å². The number of rotatable bonds is 7. The molecule has 4 heteroatoms. The average molecular weight is 239 g/mol. The zero-order chi connectivity index (χ0) is 12.7. The molecule has 1 N–H and O–H groups in total. The molecule has 0 fully saturated rings. The Balaban J connectivity index is 2.70. The Hall–Kier alpha value is -1.58. The number of unbranched alkanes of at least 4 members (excludes halogenated alkanes) is 1. The number of carbonyl (C=O) groups is 1. The van der Waals surface area contributed by atoms with E-state index in [1.54, 1.807) is 12.1 Å². The molecular weight excluding hydrogens is 221 g/mol. The minimum Gasteiger partial charge on any atom is -0.481 e. The van der Waals surface area contributed by atoms with Gasteiger partial charge in [-0.15, -0.1) is 0 Å². The van der Waals surface area contributed by atoms with Gasteiger partial charge in [-0.2, -0.15) is 0 Å². The van der Waals surface area contributed by atoms with Crippen molar-refractivity contribution in [1.82, 2.24) is 0 Å². The lowest BCUT2D eigenvalue weighted by Crippen LogP contribution is -2.27. The van der Waals surface area contributed by atoms with E-state index in [-0.39, 0.29) is 12.2 Å². The lowest BCUT2D eigenvalue weighted by Gasteiger charge is -2.24. The van der Waals surface area contributed by atoms with Crippen molar-refractivity contribution in [3.8, 4) is 0 Å². The van der Waals surface area contributed by atoms with Gasteiger partial charge in [0.2, 0.25) is 0 Å². The molecule has 3 nitrogen and oxygen atoms in total. The third kappa shape index (κ3) is 4.85. The van der Waals surface area contributed by atoms with Crippen LogP contribution in [0.3, 0.4) is 0 Å². The van der Waals surface area contributed by atoms with Gasteiger partial charge >= 0.3 is 5.97 Å². The summed E-state index contributed by atoms with van der Waals surface area (Å²) in [5.41, 5.74) is 0.750. The van der Waals surface area contributed by atoms with Gasteiger partial charge < -0.3 is 10.0 Å². The summed E-state index contributed by atoms with van der Waals surface area (Å²) >= 11 is 0. The Morgan fingerprint density at radius 2 is 2.18 bits per heavy atom. The van der Waals surface area contributed by atoms with Crippen molar-refractivity contribution in [1.29, 1.82) is 0 Å². The maximum Gasteiger partial charge on any atom is 0.305 e. The predicted molar refractivity (Wildman–Crippen MR) is 65.8 cm³/mol. The largest absolute Gasteiger partial charge is 0.481 e. The van der Waals surface area contributed by atoms with Gasteiger partial charge in [-0.25, -0.2) is 4.39 Å². The molecule has 0 aliphatic carbocycles. The van der Waals surface area contributed by atoms with Gasteiger partial charge in [0.1, 0.15) is 5.82 Å². The summed E-state index contributed by atoms with van der Waals surface area (Å²) in [7, 11) is 0. The second kappa shape index (κ2) is 6.89. The van der Waals surface area contributed by atoms with Crippen LogP contribution in [0.25, 0.3) is 0 Å². The monoisotopic (exact) mass is 239 g/mol. The number of halogens is 1. The van der Waals surface area contributed by atoms with E-state index in [1.807, 2.05) is 4.90 Å². The molecule has 0 spiro atoms. The lowest BCUT2D eigenvalue weighted by molar-refractivity contribution is -0.136. The molecule has 17 heavy (non-hydrogen) atoms. The molecule has 0 saturated carbocycles. The molecule has 0 bridgehead atoms. The van der Waals surface area contributed by atoms with Crippen molar-refractivity contribution in [2.75, 3.05) is 18.0 Å². The molecule has 1 rings (SSSR count). The van der Waals surface area contributed by atoms with Crippen LogP contribution in [0.15, 0.2) is 24.3 Å². The number of aliphatic carboxylic acids is 1. The first kappa shape index (κ1) is 13.5. The molecule has 0 heterocycles. The Morgan fingerprint density at radius 3 is 2.76 bits per heavy atom. The topological polar surface area (TPSA) is 40.5 Å². The smallest absolute Gasteiger partial charge is 0.305 e. The highest BCUT2D eigenvalue weighted by atomic mass is 19.1. The first-order valence-corrected chi connectivity index (χ1v) is 5.85. The van der Waals surface area contributed by atoms with Crippen molar-refractivity contribution in [3.05, 3.63) is 30.1 Å². The number of carboxylic acid groups (broad SMARTS) is 1. The zero-order valence-electron chi connectivity index (χ0n) is 10.0. The van der Waals surface area contributed by atoms with E-state index in [0.717, 1.165) is 25.1 Å². The number of anilines is 1. The molecule has 0 amide bonds. The van der Waals surface area contributed by atoms with Crippen molar-refractivity contribution in [3.63, 3.8) is 0 Å². The third-order valence-electron chi connectivity index (χ3n) is 2.55. The number of hydrogen-bond donors (Lipinski definition) is 1. The van der Waals surface area contributed by atoms with E-state index in [0.29, 0.717) is 6.54 Å². The second-order valence-electron chi connectivity index (χ2n) is 3.96. The van der Waals surface area contributed by atoms with Gasteiger partial charge in [-0.3, -0.25) is 4.79 Å². The van der Waals surface area contributed by atoms with E-state index >= 15 is 0 Å². The fourth-order valence-electron chi connectivity index (χ4n) is 1.62. The molecule has 1 aromatic rings. The van der Waals surface area contributed by atoms with Gasteiger partial charge in [0, 0.05) is 18.8 Å². The minimum atomic E-state index is -0.831. The number of nitrogens with zero attached hydrogens (tertiary/aromatic N) is 1. The Labute approximate surface area is 101 Å². The maximum atomic E-state index is 13.1. The maximum absolute atomic E-state index is 13.1. The van der Waals surface area contributed by atoms with Crippen molar-refractivity contribution in [2.45, 2.75) is 26.2 Å². The number of carboxylic acids is 1. The van der Waals surface area contributed by atoms with Crippen molar-refractivity contribution in [2.24, 2.45) is 0 Å².